The number of rotatable bonds is 6. The van der Waals surface area contributed by atoms with Gasteiger partial charge < -0.3 is 9.73 Å². The Labute approximate surface area is 147 Å². The van der Waals surface area contributed by atoms with E-state index < -0.39 is 0 Å². The van der Waals surface area contributed by atoms with E-state index in [-0.39, 0.29) is 11.8 Å². The summed E-state index contributed by atoms with van der Waals surface area (Å²) >= 11 is 0. The molecule has 0 bridgehead atoms. The van der Waals surface area contributed by atoms with Crippen molar-refractivity contribution < 1.29 is 9.21 Å². The van der Waals surface area contributed by atoms with Gasteiger partial charge in [0.2, 0.25) is 17.7 Å². The number of carbonyl (C=O) groups is 1. The number of carbonyl (C=O) groups excluding carboxylic acids is 1. The maximum atomic E-state index is 12.1. The molecule has 1 aromatic heterocycles. The lowest BCUT2D eigenvalue weighted by Crippen LogP contribution is -2.20. The van der Waals surface area contributed by atoms with Crippen LogP contribution >= 0.6 is 0 Å². The highest BCUT2D eigenvalue weighted by Crippen LogP contribution is 2.25. The predicted molar refractivity (Wildman–Crippen MR) is 97.9 cm³/mol. The summed E-state index contributed by atoms with van der Waals surface area (Å²) in [6.07, 6.45) is 1.88. The fourth-order valence-corrected chi connectivity index (χ4v) is 2.56. The van der Waals surface area contributed by atoms with Crippen LogP contribution < -0.4 is 5.32 Å². The van der Waals surface area contributed by atoms with Gasteiger partial charge >= 0.3 is 0 Å². The lowest BCUT2D eigenvalue weighted by molar-refractivity contribution is -0.119. The number of benzene rings is 2. The van der Waals surface area contributed by atoms with Crippen LogP contribution in [0.25, 0.3) is 22.9 Å². The van der Waals surface area contributed by atoms with Gasteiger partial charge in [-0.2, -0.15) is 0 Å². The Hall–Kier alpha value is -2.95. The molecule has 0 radical (unpaired) electrons. The van der Waals surface area contributed by atoms with E-state index >= 15 is 0 Å². The standard InChI is InChI=1S/C20H21N3O2/c1-3-7-14(2)18(24)21-17-12-10-16(11-13-17)20-23-22-19(25-20)15-8-5-4-6-9-15/h4-6,8-14H,3,7H2,1-2H3,(H,21,24). The van der Waals surface area contributed by atoms with Crippen molar-refractivity contribution in [2.24, 2.45) is 5.92 Å². The molecule has 1 unspecified atom stereocenters. The van der Waals surface area contributed by atoms with Crippen molar-refractivity contribution in [2.45, 2.75) is 26.7 Å². The van der Waals surface area contributed by atoms with Crippen molar-refractivity contribution >= 4 is 11.6 Å². The molecule has 5 nitrogen and oxygen atoms in total. The Morgan fingerprint density at radius 2 is 1.60 bits per heavy atom. The largest absolute Gasteiger partial charge is 0.416 e. The maximum Gasteiger partial charge on any atom is 0.248 e. The second-order valence-electron chi connectivity index (χ2n) is 6.03. The third-order valence-electron chi connectivity index (χ3n) is 4.01. The molecular weight excluding hydrogens is 314 g/mol. The van der Waals surface area contributed by atoms with Crippen LogP contribution in [0, 0.1) is 5.92 Å². The first-order valence-electron chi connectivity index (χ1n) is 8.47. The molecule has 0 fully saturated rings. The van der Waals surface area contributed by atoms with E-state index in [4.69, 9.17) is 4.42 Å². The van der Waals surface area contributed by atoms with E-state index in [1.54, 1.807) is 0 Å². The van der Waals surface area contributed by atoms with Gasteiger partial charge in [0.1, 0.15) is 0 Å². The normalized spacial score (nSPS) is 11.9. The van der Waals surface area contributed by atoms with Gasteiger partial charge in [-0.1, -0.05) is 38.5 Å². The summed E-state index contributed by atoms with van der Waals surface area (Å²) in [5.41, 5.74) is 2.46. The number of aromatic nitrogens is 2. The zero-order valence-electron chi connectivity index (χ0n) is 14.4. The minimum absolute atomic E-state index is 0.00838. The molecule has 2 aromatic carbocycles. The number of nitrogens with zero attached hydrogens (tertiary/aromatic N) is 2. The van der Waals surface area contributed by atoms with E-state index in [1.165, 1.54) is 0 Å². The van der Waals surface area contributed by atoms with Crippen LogP contribution in [0.4, 0.5) is 5.69 Å². The molecule has 3 rings (SSSR count). The SMILES string of the molecule is CCCC(C)C(=O)Nc1ccc(-c2nnc(-c3ccccc3)o2)cc1. The van der Waals surface area contributed by atoms with E-state index in [1.807, 2.05) is 61.5 Å². The average Bonchev–Trinajstić information content (AvgIpc) is 3.13. The van der Waals surface area contributed by atoms with Crippen LogP contribution in [0.1, 0.15) is 26.7 Å². The van der Waals surface area contributed by atoms with Crippen molar-refractivity contribution in [3.63, 3.8) is 0 Å². The number of anilines is 1. The Morgan fingerprint density at radius 1 is 1.00 bits per heavy atom. The molecule has 1 N–H and O–H groups in total. The van der Waals surface area contributed by atoms with Crippen molar-refractivity contribution in [1.82, 2.24) is 10.2 Å². The highest BCUT2D eigenvalue weighted by atomic mass is 16.4. The molecule has 1 heterocycles. The van der Waals surface area contributed by atoms with Gasteiger partial charge in [0.15, 0.2) is 0 Å². The van der Waals surface area contributed by atoms with Crippen LogP contribution in [0.5, 0.6) is 0 Å². The second kappa shape index (κ2) is 7.75. The van der Waals surface area contributed by atoms with E-state index in [0.717, 1.165) is 29.7 Å². The molecule has 25 heavy (non-hydrogen) atoms. The summed E-state index contributed by atoms with van der Waals surface area (Å²) in [6, 6.07) is 17.1. The van der Waals surface area contributed by atoms with Crippen LogP contribution in [-0.4, -0.2) is 16.1 Å². The molecule has 1 amide bonds. The minimum atomic E-state index is 0.00838. The molecule has 128 valence electrons. The quantitative estimate of drug-likeness (QED) is 0.704. The van der Waals surface area contributed by atoms with Gasteiger partial charge in [-0.3, -0.25) is 4.79 Å². The van der Waals surface area contributed by atoms with Crippen LogP contribution in [0.2, 0.25) is 0 Å². The summed E-state index contributed by atoms with van der Waals surface area (Å²) in [6.45, 7) is 4.02. The molecule has 0 aliphatic heterocycles. The molecule has 5 heteroatoms. The molecule has 0 saturated carbocycles. The lowest BCUT2D eigenvalue weighted by atomic mass is 10.1. The first-order chi connectivity index (χ1) is 12.2. The average molecular weight is 335 g/mol. The summed E-state index contributed by atoms with van der Waals surface area (Å²) in [7, 11) is 0. The number of hydrogen-bond acceptors (Lipinski definition) is 4. The Morgan fingerprint density at radius 3 is 2.20 bits per heavy atom. The van der Waals surface area contributed by atoms with Gasteiger partial charge in [-0.15, -0.1) is 10.2 Å². The first kappa shape index (κ1) is 16.9. The van der Waals surface area contributed by atoms with Gasteiger partial charge in [0, 0.05) is 22.7 Å². The zero-order valence-corrected chi connectivity index (χ0v) is 14.4. The topological polar surface area (TPSA) is 68.0 Å². The predicted octanol–water partition coefficient (Wildman–Crippen LogP) is 4.78. The Balaban J connectivity index is 1.71. The van der Waals surface area contributed by atoms with Gasteiger partial charge in [-0.25, -0.2) is 0 Å². The molecule has 0 aliphatic carbocycles. The molecule has 3 aromatic rings. The van der Waals surface area contributed by atoms with Gasteiger partial charge in [-0.05, 0) is 42.8 Å². The highest BCUT2D eigenvalue weighted by Gasteiger charge is 2.13. The van der Waals surface area contributed by atoms with E-state index in [0.29, 0.717) is 11.8 Å². The van der Waals surface area contributed by atoms with Crippen molar-refractivity contribution in [2.75, 3.05) is 5.32 Å². The molecule has 1 atom stereocenters. The fraction of sp³-hybridized carbons (Fsp3) is 0.250. The van der Waals surface area contributed by atoms with Crippen LogP contribution in [0.15, 0.2) is 59.0 Å². The van der Waals surface area contributed by atoms with Crippen molar-refractivity contribution in [3.05, 3.63) is 54.6 Å². The number of nitrogens with one attached hydrogen (secondary N) is 1. The van der Waals surface area contributed by atoms with Crippen molar-refractivity contribution in [3.8, 4) is 22.9 Å². The van der Waals surface area contributed by atoms with Crippen LogP contribution in [-0.2, 0) is 4.79 Å². The molecular formula is C20H21N3O2. The minimum Gasteiger partial charge on any atom is -0.416 e. The summed E-state index contributed by atoms with van der Waals surface area (Å²) in [5.74, 6) is 0.991. The van der Waals surface area contributed by atoms with Crippen LogP contribution in [0.3, 0.4) is 0 Å². The molecule has 0 saturated heterocycles. The Kier molecular flexibility index (Phi) is 5.23. The summed E-state index contributed by atoms with van der Waals surface area (Å²) < 4.78 is 5.74. The third-order valence-corrected chi connectivity index (χ3v) is 4.01. The first-order valence-corrected chi connectivity index (χ1v) is 8.47. The van der Waals surface area contributed by atoms with E-state index in [9.17, 15) is 4.79 Å². The third kappa shape index (κ3) is 4.12. The van der Waals surface area contributed by atoms with Gasteiger partial charge in [0.05, 0.1) is 0 Å². The van der Waals surface area contributed by atoms with Crippen molar-refractivity contribution in [1.29, 1.82) is 0 Å². The maximum absolute atomic E-state index is 12.1. The monoisotopic (exact) mass is 335 g/mol. The fourth-order valence-electron chi connectivity index (χ4n) is 2.56. The molecule has 0 aliphatic rings. The van der Waals surface area contributed by atoms with E-state index in [2.05, 4.69) is 22.4 Å². The summed E-state index contributed by atoms with van der Waals surface area (Å²) in [5, 5.41) is 11.1. The number of amides is 1. The van der Waals surface area contributed by atoms with Gasteiger partial charge in [0.25, 0.3) is 0 Å². The second-order valence-corrected chi connectivity index (χ2v) is 6.03. The zero-order chi connectivity index (χ0) is 17.6. The lowest BCUT2D eigenvalue weighted by Gasteiger charge is -2.11. The molecule has 0 spiro atoms. The summed E-state index contributed by atoms with van der Waals surface area (Å²) in [4.78, 5) is 12.1. The number of hydrogen-bond donors (Lipinski definition) is 1. The highest BCUT2D eigenvalue weighted by molar-refractivity contribution is 5.92. The Bertz CT molecular complexity index is 826. The smallest absolute Gasteiger partial charge is 0.248 e.